The van der Waals surface area contributed by atoms with E-state index in [2.05, 4.69) is 10.6 Å². The Labute approximate surface area is 164 Å². The molecule has 0 spiro atoms. The van der Waals surface area contributed by atoms with E-state index in [4.69, 9.17) is 4.74 Å². The number of hydrogen-bond acceptors (Lipinski definition) is 4. The van der Waals surface area contributed by atoms with E-state index < -0.39 is 0 Å². The highest BCUT2D eigenvalue weighted by Crippen LogP contribution is 2.39. The Hall–Kier alpha value is -3.15. The highest BCUT2D eigenvalue weighted by Gasteiger charge is 2.47. The number of carbonyl (C=O) groups is 3. The summed E-state index contributed by atoms with van der Waals surface area (Å²) in [6.07, 6.45) is 1.24. The lowest BCUT2D eigenvalue weighted by Crippen LogP contribution is -2.29. The SMILES string of the molecule is COc1cccc(CCNC(=O)C2CC2C(=O)Nc2cccc(C(C)=O)c2)c1. The number of ether oxygens (including phenoxy) is 1. The first kappa shape index (κ1) is 19.6. The van der Waals surface area contributed by atoms with Crippen LogP contribution in [0.5, 0.6) is 5.75 Å². The third-order valence-electron chi connectivity index (χ3n) is 4.85. The van der Waals surface area contributed by atoms with Gasteiger partial charge in [0.2, 0.25) is 11.8 Å². The van der Waals surface area contributed by atoms with Crippen molar-refractivity contribution in [1.29, 1.82) is 0 Å². The van der Waals surface area contributed by atoms with E-state index in [1.165, 1.54) is 6.92 Å². The summed E-state index contributed by atoms with van der Waals surface area (Å²) in [6, 6.07) is 14.5. The van der Waals surface area contributed by atoms with Crippen molar-refractivity contribution in [2.75, 3.05) is 19.0 Å². The van der Waals surface area contributed by atoms with Crippen LogP contribution in [0, 0.1) is 11.8 Å². The second kappa shape index (κ2) is 8.69. The largest absolute Gasteiger partial charge is 0.497 e. The number of benzene rings is 2. The number of nitrogens with one attached hydrogen (secondary N) is 2. The summed E-state index contributed by atoms with van der Waals surface area (Å²) in [5.74, 6) is -0.166. The van der Waals surface area contributed by atoms with Crippen LogP contribution in [0.25, 0.3) is 0 Å². The standard InChI is InChI=1S/C22H24N2O4/c1-14(25)16-6-4-7-17(12-16)24-22(27)20-13-19(20)21(26)23-10-9-15-5-3-8-18(11-15)28-2/h3-8,11-12,19-20H,9-10,13H2,1-2H3,(H,23,26)(H,24,27). The summed E-state index contributed by atoms with van der Waals surface area (Å²) in [6.45, 7) is 1.99. The van der Waals surface area contributed by atoms with Crippen molar-refractivity contribution in [3.8, 4) is 5.75 Å². The van der Waals surface area contributed by atoms with Gasteiger partial charge in [-0.05, 0) is 49.6 Å². The van der Waals surface area contributed by atoms with Gasteiger partial charge in [0.1, 0.15) is 5.75 Å². The van der Waals surface area contributed by atoms with E-state index in [0.29, 0.717) is 30.6 Å². The van der Waals surface area contributed by atoms with Gasteiger partial charge in [-0.15, -0.1) is 0 Å². The fourth-order valence-corrected chi connectivity index (χ4v) is 3.11. The molecule has 0 aromatic heterocycles. The van der Waals surface area contributed by atoms with Gasteiger partial charge >= 0.3 is 0 Å². The maximum absolute atomic E-state index is 12.3. The molecule has 28 heavy (non-hydrogen) atoms. The smallest absolute Gasteiger partial charge is 0.228 e. The summed E-state index contributed by atoms with van der Waals surface area (Å²) in [4.78, 5) is 36.1. The van der Waals surface area contributed by atoms with Gasteiger partial charge in [-0.2, -0.15) is 0 Å². The van der Waals surface area contributed by atoms with Crippen molar-refractivity contribution in [2.24, 2.45) is 11.8 Å². The average Bonchev–Trinajstić information content (AvgIpc) is 3.49. The fourth-order valence-electron chi connectivity index (χ4n) is 3.11. The lowest BCUT2D eigenvalue weighted by Gasteiger charge is -2.08. The number of carbonyl (C=O) groups excluding carboxylic acids is 3. The molecule has 0 heterocycles. The number of ketones is 1. The Bertz CT molecular complexity index is 894. The van der Waals surface area contributed by atoms with E-state index >= 15 is 0 Å². The number of rotatable bonds is 8. The van der Waals surface area contributed by atoms with Gasteiger partial charge in [-0.25, -0.2) is 0 Å². The Morgan fingerprint density at radius 3 is 2.54 bits per heavy atom. The van der Waals surface area contributed by atoms with E-state index in [1.807, 2.05) is 24.3 Å². The van der Waals surface area contributed by atoms with Crippen molar-refractivity contribution in [3.63, 3.8) is 0 Å². The lowest BCUT2D eigenvalue weighted by molar-refractivity contribution is -0.125. The summed E-state index contributed by atoms with van der Waals surface area (Å²) in [5.41, 5.74) is 2.19. The van der Waals surface area contributed by atoms with Crippen molar-refractivity contribution in [2.45, 2.75) is 19.8 Å². The van der Waals surface area contributed by atoms with E-state index in [1.54, 1.807) is 31.4 Å². The molecule has 146 valence electrons. The molecule has 1 fully saturated rings. The molecular formula is C22H24N2O4. The number of Topliss-reactive ketones (excluding diaryl/α,β-unsaturated/α-hetero) is 1. The molecule has 0 saturated heterocycles. The summed E-state index contributed by atoms with van der Waals surface area (Å²) in [5, 5.41) is 5.69. The van der Waals surface area contributed by atoms with Crippen molar-refractivity contribution in [1.82, 2.24) is 5.32 Å². The summed E-state index contributed by atoms with van der Waals surface area (Å²) >= 11 is 0. The molecule has 6 nitrogen and oxygen atoms in total. The third kappa shape index (κ3) is 4.97. The van der Waals surface area contributed by atoms with E-state index in [0.717, 1.165) is 11.3 Å². The molecule has 2 aromatic carbocycles. The quantitative estimate of drug-likeness (QED) is 0.690. The van der Waals surface area contributed by atoms with Crippen molar-refractivity contribution in [3.05, 3.63) is 59.7 Å². The molecule has 6 heteroatoms. The zero-order valence-electron chi connectivity index (χ0n) is 16.0. The van der Waals surface area contributed by atoms with Crippen LogP contribution in [-0.2, 0) is 16.0 Å². The zero-order valence-corrected chi connectivity index (χ0v) is 16.0. The topological polar surface area (TPSA) is 84.5 Å². The van der Waals surface area contributed by atoms with E-state index in [-0.39, 0.29) is 29.4 Å². The molecule has 3 rings (SSSR count). The Kier molecular flexibility index (Phi) is 6.09. The van der Waals surface area contributed by atoms with Crippen LogP contribution >= 0.6 is 0 Å². The number of methoxy groups -OCH3 is 1. The predicted molar refractivity (Wildman–Crippen MR) is 106 cm³/mol. The molecule has 1 aliphatic rings. The first-order valence-corrected chi connectivity index (χ1v) is 9.30. The number of anilines is 1. The molecule has 2 unspecified atom stereocenters. The van der Waals surface area contributed by atoms with Gasteiger partial charge in [0.15, 0.2) is 5.78 Å². The van der Waals surface area contributed by atoms with Gasteiger partial charge in [0.05, 0.1) is 18.9 Å². The van der Waals surface area contributed by atoms with Crippen LogP contribution in [0.4, 0.5) is 5.69 Å². The predicted octanol–water partition coefficient (Wildman–Crippen LogP) is 2.83. The van der Waals surface area contributed by atoms with Gasteiger partial charge in [-0.1, -0.05) is 24.3 Å². The van der Waals surface area contributed by atoms with Crippen LogP contribution in [0.3, 0.4) is 0 Å². The molecule has 2 N–H and O–H groups in total. The van der Waals surface area contributed by atoms with Crippen LogP contribution in [-0.4, -0.2) is 31.3 Å². The molecule has 0 bridgehead atoms. The Morgan fingerprint density at radius 2 is 1.79 bits per heavy atom. The molecule has 1 aliphatic carbocycles. The van der Waals surface area contributed by atoms with Gasteiger partial charge in [0.25, 0.3) is 0 Å². The fraction of sp³-hybridized carbons (Fsp3) is 0.318. The molecule has 0 radical (unpaired) electrons. The molecule has 0 aliphatic heterocycles. The van der Waals surface area contributed by atoms with Crippen LogP contribution in [0.15, 0.2) is 48.5 Å². The second-order valence-electron chi connectivity index (χ2n) is 6.97. The molecule has 2 amide bonds. The lowest BCUT2D eigenvalue weighted by atomic mass is 10.1. The number of amides is 2. The van der Waals surface area contributed by atoms with Gasteiger partial charge < -0.3 is 15.4 Å². The van der Waals surface area contributed by atoms with Crippen molar-refractivity contribution >= 4 is 23.3 Å². The molecular weight excluding hydrogens is 356 g/mol. The molecule has 1 saturated carbocycles. The minimum Gasteiger partial charge on any atom is -0.497 e. The molecule has 2 aromatic rings. The normalized spacial score (nSPS) is 17.5. The number of hydrogen-bond donors (Lipinski definition) is 2. The highest BCUT2D eigenvalue weighted by molar-refractivity contribution is 6.01. The maximum atomic E-state index is 12.3. The summed E-state index contributed by atoms with van der Waals surface area (Å²) in [7, 11) is 1.62. The maximum Gasteiger partial charge on any atom is 0.228 e. The third-order valence-corrected chi connectivity index (χ3v) is 4.85. The van der Waals surface area contributed by atoms with Crippen LogP contribution in [0.2, 0.25) is 0 Å². The van der Waals surface area contributed by atoms with Crippen LogP contribution in [0.1, 0.15) is 29.3 Å². The van der Waals surface area contributed by atoms with Crippen molar-refractivity contribution < 1.29 is 19.1 Å². The van der Waals surface area contributed by atoms with E-state index in [9.17, 15) is 14.4 Å². The van der Waals surface area contributed by atoms with Gasteiger partial charge in [-0.3, -0.25) is 14.4 Å². The monoisotopic (exact) mass is 380 g/mol. The Balaban J connectivity index is 1.45. The minimum absolute atomic E-state index is 0.0594. The second-order valence-corrected chi connectivity index (χ2v) is 6.97. The summed E-state index contributed by atoms with van der Waals surface area (Å²) < 4.78 is 5.19. The highest BCUT2D eigenvalue weighted by atomic mass is 16.5. The minimum atomic E-state index is -0.321. The van der Waals surface area contributed by atoms with Crippen LogP contribution < -0.4 is 15.4 Å². The molecule has 2 atom stereocenters. The van der Waals surface area contributed by atoms with Gasteiger partial charge in [0, 0.05) is 17.8 Å². The Morgan fingerprint density at radius 1 is 1.04 bits per heavy atom. The first-order chi connectivity index (χ1) is 13.5. The zero-order chi connectivity index (χ0) is 20.1. The first-order valence-electron chi connectivity index (χ1n) is 9.30. The average molecular weight is 380 g/mol.